The number of aromatic nitrogens is 4. The van der Waals surface area contributed by atoms with Gasteiger partial charge in [0.15, 0.2) is 5.82 Å². The Bertz CT molecular complexity index is 1130. The molecule has 1 aromatic heterocycles. The van der Waals surface area contributed by atoms with E-state index < -0.39 is 0 Å². The molecule has 3 aromatic rings. The second kappa shape index (κ2) is 12.4. The van der Waals surface area contributed by atoms with Gasteiger partial charge in [0, 0.05) is 24.6 Å². The number of rotatable bonds is 10. The molecule has 1 heterocycles. The molecule has 2 unspecified atom stereocenters. The van der Waals surface area contributed by atoms with Crippen molar-refractivity contribution in [2.24, 2.45) is 5.92 Å². The van der Waals surface area contributed by atoms with E-state index in [4.69, 9.17) is 4.74 Å². The monoisotopic (exact) mass is 489 g/mol. The predicted octanol–water partition coefficient (Wildman–Crippen LogP) is 5.17. The first kappa shape index (κ1) is 25.5. The van der Waals surface area contributed by atoms with Crippen molar-refractivity contribution in [3.63, 3.8) is 0 Å². The average Bonchev–Trinajstić information content (AvgIpc) is 3.46. The van der Waals surface area contributed by atoms with Crippen LogP contribution in [0.3, 0.4) is 0 Å². The summed E-state index contributed by atoms with van der Waals surface area (Å²) in [5.41, 5.74) is 4.02. The summed E-state index contributed by atoms with van der Waals surface area (Å²) in [5.74, 6) is 0.297. The second-order valence-corrected chi connectivity index (χ2v) is 9.33. The van der Waals surface area contributed by atoms with E-state index in [0.29, 0.717) is 25.4 Å². The van der Waals surface area contributed by atoms with E-state index >= 15 is 0 Å². The van der Waals surface area contributed by atoms with Crippen LogP contribution in [0.4, 0.5) is 0 Å². The van der Waals surface area contributed by atoms with Crippen molar-refractivity contribution in [1.82, 2.24) is 25.5 Å². The largest absolute Gasteiger partial charge is 0.466 e. The normalized spacial score (nSPS) is 17.5. The molecular formula is C28H35N5O3. The Morgan fingerprint density at radius 2 is 1.78 bits per heavy atom. The van der Waals surface area contributed by atoms with Crippen molar-refractivity contribution < 1.29 is 14.3 Å². The summed E-state index contributed by atoms with van der Waals surface area (Å²) in [6.07, 6.45) is 5.92. The number of ether oxygens (including phenoxy) is 1. The lowest BCUT2D eigenvalue weighted by molar-refractivity contribution is -0.154. The van der Waals surface area contributed by atoms with Crippen molar-refractivity contribution in [1.29, 1.82) is 0 Å². The summed E-state index contributed by atoms with van der Waals surface area (Å²) in [7, 11) is 0. The lowest BCUT2D eigenvalue weighted by Gasteiger charge is -2.39. The third-order valence-electron chi connectivity index (χ3n) is 6.93. The quantitative estimate of drug-likeness (QED) is 0.394. The Hall–Kier alpha value is -3.55. The lowest BCUT2D eigenvalue weighted by Crippen LogP contribution is -2.48. The molecule has 2 atom stereocenters. The Labute approximate surface area is 212 Å². The number of hydrogen-bond donors (Lipinski definition) is 1. The topological polar surface area (TPSA) is 101 Å². The minimum atomic E-state index is -0.258. The summed E-state index contributed by atoms with van der Waals surface area (Å²) >= 11 is 0. The molecule has 1 fully saturated rings. The fourth-order valence-corrected chi connectivity index (χ4v) is 5.07. The number of hydrogen-bond acceptors (Lipinski definition) is 6. The molecule has 36 heavy (non-hydrogen) atoms. The number of tetrazole rings is 1. The van der Waals surface area contributed by atoms with Crippen LogP contribution in [-0.2, 0) is 20.9 Å². The van der Waals surface area contributed by atoms with Crippen LogP contribution < -0.4 is 0 Å². The third-order valence-corrected chi connectivity index (χ3v) is 6.93. The smallest absolute Gasteiger partial charge is 0.311 e. The second-order valence-electron chi connectivity index (χ2n) is 9.33. The van der Waals surface area contributed by atoms with Crippen LogP contribution in [0.2, 0.25) is 0 Å². The minimum absolute atomic E-state index is 0.116. The Morgan fingerprint density at radius 3 is 2.47 bits per heavy atom. The van der Waals surface area contributed by atoms with Gasteiger partial charge in [-0.05, 0) is 53.3 Å². The predicted molar refractivity (Wildman–Crippen MR) is 138 cm³/mol. The van der Waals surface area contributed by atoms with Crippen LogP contribution in [0.25, 0.3) is 22.5 Å². The highest BCUT2D eigenvalue weighted by molar-refractivity contribution is 5.81. The number of esters is 1. The van der Waals surface area contributed by atoms with Gasteiger partial charge in [-0.3, -0.25) is 9.59 Å². The number of unbranched alkanes of at least 4 members (excludes halogenated alkanes) is 1. The van der Waals surface area contributed by atoms with E-state index in [9.17, 15) is 9.59 Å². The molecule has 190 valence electrons. The summed E-state index contributed by atoms with van der Waals surface area (Å²) in [4.78, 5) is 28.0. The first-order valence-corrected chi connectivity index (χ1v) is 13.0. The van der Waals surface area contributed by atoms with E-state index in [1.807, 2.05) is 36.1 Å². The maximum absolute atomic E-state index is 13.3. The number of H-pyrrole nitrogens is 1. The highest BCUT2D eigenvalue weighted by Crippen LogP contribution is 2.33. The zero-order valence-corrected chi connectivity index (χ0v) is 21.2. The Balaban J connectivity index is 1.58. The van der Waals surface area contributed by atoms with Crippen LogP contribution in [0.15, 0.2) is 48.5 Å². The van der Waals surface area contributed by atoms with Crippen molar-refractivity contribution >= 4 is 11.9 Å². The van der Waals surface area contributed by atoms with Crippen molar-refractivity contribution in [2.75, 3.05) is 6.61 Å². The number of carbonyl (C=O) groups excluding carboxylic acids is 2. The maximum Gasteiger partial charge on any atom is 0.311 e. The molecule has 1 N–H and O–H groups in total. The van der Waals surface area contributed by atoms with Crippen LogP contribution in [0.1, 0.15) is 64.4 Å². The zero-order valence-electron chi connectivity index (χ0n) is 21.2. The van der Waals surface area contributed by atoms with Gasteiger partial charge in [0.2, 0.25) is 5.91 Å². The van der Waals surface area contributed by atoms with Gasteiger partial charge in [-0.2, -0.15) is 0 Å². The molecular weight excluding hydrogens is 454 g/mol. The zero-order chi connectivity index (χ0) is 25.3. The van der Waals surface area contributed by atoms with Gasteiger partial charge in [-0.1, -0.05) is 74.7 Å². The van der Waals surface area contributed by atoms with Crippen LogP contribution in [-0.4, -0.2) is 50.0 Å². The van der Waals surface area contributed by atoms with Gasteiger partial charge in [0.25, 0.3) is 0 Å². The van der Waals surface area contributed by atoms with Gasteiger partial charge in [0.1, 0.15) is 0 Å². The summed E-state index contributed by atoms with van der Waals surface area (Å²) in [5, 5.41) is 14.3. The lowest BCUT2D eigenvalue weighted by atomic mass is 9.83. The van der Waals surface area contributed by atoms with E-state index in [2.05, 4.69) is 51.8 Å². The number of nitrogens with one attached hydrogen (secondary N) is 1. The van der Waals surface area contributed by atoms with E-state index in [1.165, 1.54) is 0 Å². The van der Waals surface area contributed by atoms with E-state index in [-0.39, 0.29) is 23.8 Å². The molecule has 0 aliphatic heterocycles. The van der Waals surface area contributed by atoms with Gasteiger partial charge >= 0.3 is 5.97 Å². The molecule has 0 radical (unpaired) electrons. The molecule has 0 saturated heterocycles. The van der Waals surface area contributed by atoms with Gasteiger partial charge in [-0.15, -0.1) is 5.10 Å². The van der Waals surface area contributed by atoms with Crippen molar-refractivity contribution in [3.8, 4) is 22.5 Å². The molecule has 2 aromatic carbocycles. The molecule has 4 rings (SSSR count). The van der Waals surface area contributed by atoms with E-state index in [0.717, 1.165) is 60.8 Å². The van der Waals surface area contributed by atoms with Crippen molar-refractivity contribution in [3.05, 3.63) is 54.1 Å². The van der Waals surface area contributed by atoms with Gasteiger partial charge in [0.05, 0.1) is 12.5 Å². The van der Waals surface area contributed by atoms with Gasteiger partial charge < -0.3 is 9.64 Å². The Morgan fingerprint density at radius 1 is 1.03 bits per heavy atom. The molecule has 1 aliphatic carbocycles. The average molecular weight is 490 g/mol. The molecule has 1 saturated carbocycles. The van der Waals surface area contributed by atoms with E-state index in [1.54, 1.807) is 0 Å². The molecule has 1 amide bonds. The molecule has 0 bridgehead atoms. The fourth-order valence-electron chi connectivity index (χ4n) is 5.07. The third kappa shape index (κ3) is 5.98. The van der Waals surface area contributed by atoms with Crippen molar-refractivity contribution in [2.45, 2.75) is 71.4 Å². The van der Waals surface area contributed by atoms with Gasteiger partial charge in [-0.25, -0.2) is 5.10 Å². The molecule has 1 aliphatic rings. The standard InChI is InChI=1S/C28H35N5O3/c1-3-5-14-26(34)33(25-13-9-8-12-24(25)28(35)36-4-2)19-20-15-17-21(18-16-20)22-10-6-7-11-23(22)27-29-31-32-30-27/h6-7,10-11,15-18,24-25H,3-5,8-9,12-14,19H2,1-2H3,(H,29,30,31,32). The maximum atomic E-state index is 13.3. The Kier molecular flexibility index (Phi) is 8.81. The molecule has 8 heteroatoms. The number of carbonyl (C=O) groups is 2. The van der Waals surface area contributed by atoms with Crippen LogP contribution in [0.5, 0.6) is 0 Å². The number of aromatic amines is 1. The summed E-state index contributed by atoms with van der Waals surface area (Å²) in [6, 6.07) is 16.1. The van der Waals surface area contributed by atoms with Crippen LogP contribution in [0, 0.1) is 5.92 Å². The number of amides is 1. The number of benzene rings is 2. The minimum Gasteiger partial charge on any atom is -0.466 e. The summed E-state index contributed by atoms with van der Waals surface area (Å²) in [6.45, 7) is 4.76. The first-order chi connectivity index (χ1) is 17.6. The highest BCUT2D eigenvalue weighted by Gasteiger charge is 2.37. The SMILES string of the molecule is CCCCC(=O)N(Cc1ccc(-c2ccccc2-c2nnn[nH]2)cc1)C1CCCCC1C(=O)OCC. The molecule has 8 nitrogen and oxygen atoms in total. The summed E-state index contributed by atoms with van der Waals surface area (Å²) < 4.78 is 5.39. The molecule has 0 spiro atoms. The first-order valence-electron chi connectivity index (χ1n) is 13.0. The van der Waals surface area contributed by atoms with Crippen LogP contribution >= 0.6 is 0 Å². The number of nitrogens with zero attached hydrogens (tertiary/aromatic N) is 4. The highest BCUT2D eigenvalue weighted by atomic mass is 16.5. The fraction of sp³-hybridized carbons (Fsp3) is 0.464.